The van der Waals surface area contributed by atoms with Gasteiger partial charge in [0, 0.05) is 37.6 Å². The summed E-state index contributed by atoms with van der Waals surface area (Å²) in [6, 6.07) is 13.2. The molecule has 4 rings (SSSR count). The topological polar surface area (TPSA) is 45.7 Å². The lowest BCUT2D eigenvalue weighted by Gasteiger charge is -2.42. The molecule has 27 heavy (non-hydrogen) atoms. The van der Waals surface area contributed by atoms with Crippen molar-refractivity contribution < 1.29 is 9.53 Å². The average Bonchev–Trinajstić information content (AvgIpc) is 2.74. The molecule has 0 atom stereocenters. The first-order valence-electron chi connectivity index (χ1n) is 10.3. The highest BCUT2D eigenvalue weighted by atomic mass is 16.5. The lowest BCUT2D eigenvalue weighted by atomic mass is 9.85. The molecule has 5 nitrogen and oxygen atoms in total. The fourth-order valence-electron chi connectivity index (χ4n) is 4.48. The molecule has 0 unspecified atom stereocenters. The van der Waals surface area contributed by atoms with E-state index in [4.69, 9.17) is 9.72 Å². The van der Waals surface area contributed by atoms with Crippen LogP contribution in [0.5, 0.6) is 0 Å². The van der Waals surface area contributed by atoms with Crippen LogP contribution in [0.3, 0.4) is 0 Å². The molecule has 1 aromatic carbocycles. The molecule has 0 spiro atoms. The lowest BCUT2D eigenvalue weighted by Crippen LogP contribution is -2.51. The van der Waals surface area contributed by atoms with Gasteiger partial charge in [-0.2, -0.15) is 0 Å². The maximum atomic E-state index is 11.9. The summed E-state index contributed by atoms with van der Waals surface area (Å²) in [4.78, 5) is 21.8. The fraction of sp³-hybridized carbons (Fsp3) is 0.545. The SMILES string of the molecule is CCOC(=O)C1CCC(N2CCN(c3ccc4ccccc4n3)CC2)CC1. The first-order valence-corrected chi connectivity index (χ1v) is 10.3. The zero-order valence-electron chi connectivity index (χ0n) is 16.1. The third-order valence-corrected chi connectivity index (χ3v) is 6.06. The lowest BCUT2D eigenvalue weighted by molar-refractivity contribution is -0.149. The van der Waals surface area contributed by atoms with E-state index in [0.29, 0.717) is 12.6 Å². The number of aromatic nitrogens is 1. The highest BCUT2D eigenvalue weighted by molar-refractivity contribution is 5.80. The number of fused-ring (bicyclic) bond motifs is 1. The van der Waals surface area contributed by atoms with E-state index in [0.717, 1.165) is 63.2 Å². The normalized spacial score (nSPS) is 24.1. The molecule has 1 saturated heterocycles. The van der Waals surface area contributed by atoms with E-state index in [1.54, 1.807) is 0 Å². The van der Waals surface area contributed by atoms with Crippen molar-refractivity contribution >= 4 is 22.7 Å². The van der Waals surface area contributed by atoms with Gasteiger partial charge in [-0.15, -0.1) is 0 Å². The summed E-state index contributed by atoms with van der Waals surface area (Å²) in [7, 11) is 0. The molecule has 1 aromatic heterocycles. The summed E-state index contributed by atoms with van der Waals surface area (Å²) in [5, 5.41) is 1.19. The number of nitrogens with zero attached hydrogens (tertiary/aromatic N) is 3. The molecule has 2 fully saturated rings. The van der Waals surface area contributed by atoms with Gasteiger partial charge in [-0.25, -0.2) is 4.98 Å². The molecule has 144 valence electrons. The van der Waals surface area contributed by atoms with E-state index < -0.39 is 0 Å². The van der Waals surface area contributed by atoms with Crippen LogP contribution < -0.4 is 4.90 Å². The van der Waals surface area contributed by atoms with Gasteiger partial charge in [-0.1, -0.05) is 18.2 Å². The van der Waals surface area contributed by atoms with Crippen LogP contribution in [0.1, 0.15) is 32.6 Å². The summed E-state index contributed by atoms with van der Waals surface area (Å²) in [5.74, 6) is 1.20. The zero-order valence-corrected chi connectivity index (χ0v) is 16.1. The van der Waals surface area contributed by atoms with E-state index >= 15 is 0 Å². The van der Waals surface area contributed by atoms with Crippen molar-refractivity contribution in [2.75, 3.05) is 37.7 Å². The minimum Gasteiger partial charge on any atom is -0.466 e. The summed E-state index contributed by atoms with van der Waals surface area (Å²) in [5.41, 5.74) is 1.06. The first-order chi connectivity index (χ1) is 13.2. The van der Waals surface area contributed by atoms with E-state index in [1.807, 2.05) is 13.0 Å². The van der Waals surface area contributed by atoms with Crippen LogP contribution in [-0.4, -0.2) is 54.7 Å². The van der Waals surface area contributed by atoms with Gasteiger partial charge in [0.15, 0.2) is 0 Å². The quantitative estimate of drug-likeness (QED) is 0.774. The molecule has 1 saturated carbocycles. The van der Waals surface area contributed by atoms with Gasteiger partial charge in [0.2, 0.25) is 0 Å². The first kappa shape index (κ1) is 18.2. The molecule has 0 N–H and O–H groups in total. The van der Waals surface area contributed by atoms with Crippen LogP contribution in [-0.2, 0) is 9.53 Å². The van der Waals surface area contributed by atoms with E-state index in [-0.39, 0.29) is 11.9 Å². The number of ether oxygens (including phenoxy) is 1. The van der Waals surface area contributed by atoms with Gasteiger partial charge in [0.05, 0.1) is 18.0 Å². The number of pyridine rings is 1. The summed E-state index contributed by atoms with van der Waals surface area (Å²) < 4.78 is 5.19. The van der Waals surface area contributed by atoms with Crippen molar-refractivity contribution in [3.8, 4) is 0 Å². The highest BCUT2D eigenvalue weighted by Gasteiger charge is 2.31. The molecular weight excluding hydrogens is 338 g/mol. The van der Waals surface area contributed by atoms with Crippen molar-refractivity contribution in [3.05, 3.63) is 36.4 Å². The summed E-state index contributed by atoms with van der Waals surface area (Å²) in [6.07, 6.45) is 4.15. The number of hydrogen-bond acceptors (Lipinski definition) is 5. The van der Waals surface area contributed by atoms with Gasteiger partial charge in [0.25, 0.3) is 0 Å². The van der Waals surface area contributed by atoms with Gasteiger partial charge in [-0.05, 0) is 50.8 Å². The number of benzene rings is 1. The van der Waals surface area contributed by atoms with Crippen molar-refractivity contribution in [1.29, 1.82) is 0 Å². The van der Waals surface area contributed by atoms with Gasteiger partial charge in [0.1, 0.15) is 5.82 Å². The second-order valence-corrected chi connectivity index (χ2v) is 7.64. The number of hydrogen-bond donors (Lipinski definition) is 0. The average molecular weight is 367 g/mol. The molecule has 2 aliphatic rings. The van der Waals surface area contributed by atoms with Gasteiger partial charge < -0.3 is 9.64 Å². The Morgan fingerprint density at radius 3 is 2.52 bits per heavy atom. The molecule has 2 aromatic rings. The van der Waals surface area contributed by atoms with Crippen LogP contribution in [0.25, 0.3) is 10.9 Å². The predicted molar refractivity (Wildman–Crippen MR) is 108 cm³/mol. The van der Waals surface area contributed by atoms with Crippen molar-refractivity contribution in [1.82, 2.24) is 9.88 Å². The predicted octanol–water partition coefficient (Wildman–Crippen LogP) is 3.48. The Labute approximate surface area is 161 Å². The zero-order chi connectivity index (χ0) is 18.6. The molecule has 0 amide bonds. The van der Waals surface area contributed by atoms with Crippen LogP contribution in [0.15, 0.2) is 36.4 Å². The van der Waals surface area contributed by atoms with E-state index in [9.17, 15) is 4.79 Å². The second-order valence-electron chi connectivity index (χ2n) is 7.64. The molecule has 1 aliphatic heterocycles. The number of anilines is 1. The number of para-hydroxylation sites is 1. The van der Waals surface area contributed by atoms with Crippen LogP contribution in [0.2, 0.25) is 0 Å². The Bertz CT molecular complexity index is 778. The Morgan fingerprint density at radius 2 is 1.78 bits per heavy atom. The molecular formula is C22H29N3O2. The standard InChI is InChI=1S/C22H29N3O2/c1-2-27-22(26)18-7-10-19(11-8-18)24-13-15-25(16-14-24)21-12-9-17-5-3-4-6-20(17)23-21/h3-6,9,12,18-19H,2,7-8,10-11,13-16H2,1H3. The second kappa shape index (κ2) is 8.26. The Balaban J connectivity index is 1.30. The molecule has 2 heterocycles. The minimum atomic E-state index is 0.00291. The van der Waals surface area contributed by atoms with E-state index in [1.165, 1.54) is 5.39 Å². The smallest absolute Gasteiger partial charge is 0.308 e. The third kappa shape index (κ3) is 4.08. The maximum Gasteiger partial charge on any atom is 0.308 e. The number of rotatable bonds is 4. The van der Waals surface area contributed by atoms with E-state index in [2.05, 4.69) is 40.1 Å². The van der Waals surface area contributed by atoms with Gasteiger partial charge in [-0.3, -0.25) is 9.69 Å². The van der Waals surface area contributed by atoms with Crippen molar-refractivity contribution in [2.45, 2.75) is 38.6 Å². The Kier molecular flexibility index (Phi) is 5.58. The molecule has 0 bridgehead atoms. The van der Waals surface area contributed by atoms with Crippen molar-refractivity contribution in [2.24, 2.45) is 5.92 Å². The third-order valence-electron chi connectivity index (χ3n) is 6.06. The maximum absolute atomic E-state index is 11.9. The molecule has 0 radical (unpaired) electrons. The van der Waals surface area contributed by atoms with Crippen molar-refractivity contribution in [3.63, 3.8) is 0 Å². The van der Waals surface area contributed by atoms with Gasteiger partial charge >= 0.3 is 5.97 Å². The number of esters is 1. The Morgan fingerprint density at radius 1 is 1.04 bits per heavy atom. The van der Waals surface area contributed by atoms with Crippen LogP contribution in [0, 0.1) is 5.92 Å². The summed E-state index contributed by atoms with van der Waals surface area (Å²) in [6.45, 7) is 6.55. The number of carbonyl (C=O) groups excluding carboxylic acids is 1. The van der Waals surface area contributed by atoms with Crippen LogP contribution >= 0.6 is 0 Å². The highest BCUT2D eigenvalue weighted by Crippen LogP contribution is 2.29. The minimum absolute atomic E-state index is 0.00291. The van der Waals surface area contributed by atoms with Crippen LogP contribution in [0.4, 0.5) is 5.82 Å². The molecule has 1 aliphatic carbocycles. The number of carbonyl (C=O) groups is 1. The monoisotopic (exact) mass is 367 g/mol. The number of piperazine rings is 1. The summed E-state index contributed by atoms with van der Waals surface area (Å²) >= 11 is 0. The molecule has 5 heteroatoms. The largest absolute Gasteiger partial charge is 0.466 e. The fourth-order valence-corrected chi connectivity index (χ4v) is 4.48. The Hall–Kier alpha value is -2.14.